The van der Waals surface area contributed by atoms with E-state index in [9.17, 15) is 4.79 Å². The molecular formula is C21H16N2O3S. The summed E-state index contributed by atoms with van der Waals surface area (Å²) in [6.45, 7) is 3.10. The summed E-state index contributed by atoms with van der Waals surface area (Å²) in [6, 6.07) is 15.6. The minimum absolute atomic E-state index is 0.157. The van der Waals surface area contributed by atoms with E-state index in [0.717, 1.165) is 21.1 Å². The van der Waals surface area contributed by atoms with Crippen molar-refractivity contribution < 1.29 is 14.3 Å². The molecule has 0 saturated carbocycles. The minimum Gasteiger partial charge on any atom is -0.486 e. The van der Waals surface area contributed by atoms with Crippen molar-refractivity contribution in [2.24, 2.45) is 0 Å². The van der Waals surface area contributed by atoms with Crippen molar-refractivity contribution >= 4 is 44.1 Å². The van der Waals surface area contributed by atoms with Gasteiger partial charge in [-0.15, -0.1) is 11.3 Å². The molecule has 1 aliphatic heterocycles. The van der Waals surface area contributed by atoms with Crippen LogP contribution in [0.3, 0.4) is 0 Å². The molecule has 0 radical (unpaired) electrons. The molecule has 0 fully saturated rings. The van der Waals surface area contributed by atoms with Crippen LogP contribution < -0.4 is 14.8 Å². The molecule has 5 nitrogen and oxygen atoms in total. The Morgan fingerprint density at radius 2 is 1.85 bits per heavy atom. The van der Waals surface area contributed by atoms with Gasteiger partial charge in [-0.2, -0.15) is 0 Å². The number of ether oxygens (including phenoxy) is 2. The second-order valence-corrected chi connectivity index (χ2v) is 7.53. The number of hydrogen-bond acceptors (Lipinski definition) is 5. The number of fused-ring (bicyclic) bond motifs is 3. The van der Waals surface area contributed by atoms with Gasteiger partial charge in [-0.1, -0.05) is 12.1 Å². The Balaban J connectivity index is 1.45. The molecule has 0 bridgehead atoms. The lowest BCUT2D eigenvalue weighted by atomic mass is 10.1. The van der Waals surface area contributed by atoms with E-state index in [4.69, 9.17) is 14.5 Å². The van der Waals surface area contributed by atoms with Crippen LogP contribution in [-0.4, -0.2) is 24.1 Å². The van der Waals surface area contributed by atoms with Gasteiger partial charge < -0.3 is 14.8 Å². The number of hydrogen-bond donors (Lipinski definition) is 1. The third-order valence-corrected chi connectivity index (χ3v) is 5.53. The molecule has 0 unspecified atom stereocenters. The fourth-order valence-electron chi connectivity index (χ4n) is 3.16. The maximum absolute atomic E-state index is 12.7. The first-order valence-corrected chi connectivity index (χ1v) is 9.49. The fourth-order valence-corrected chi connectivity index (χ4v) is 4.08. The molecule has 4 aromatic rings. The average Bonchev–Trinajstić information content (AvgIpc) is 3.09. The van der Waals surface area contributed by atoms with Crippen LogP contribution in [0.4, 0.5) is 5.69 Å². The molecule has 1 amide bonds. The standard InChI is InChI=1S/C21H16N2O3S/c1-12-2-3-13-9-14-10-19(27-21(14)23-16(13)8-12)20(24)22-15-4-5-17-18(11-15)26-7-6-25-17/h2-5,8-11H,6-7H2,1H3,(H,22,24). The highest BCUT2D eigenvalue weighted by molar-refractivity contribution is 7.20. The van der Waals surface area contributed by atoms with Crippen molar-refractivity contribution in [3.8, 4) is 11.5 Å². The number of thiophene rings is 1. The first-order valence-electron chi connectivity index (χ1n) is 8.68. The summed E-state index contributed by atoms with van der Waals surface area (Å²) in [6.07, 6.45) is 0. The maximum Gasteiger partial charge on any atom is 0.265 e. The van der Waals surface area contributed by atoms with Crippen LogP contribution in [0.1, 0.15) is 15.2 Å². The zero-order valence-electron chi connectivity index (χ0n) is 14.6. The van der Waals surface area contributed by atoms with Gasteiger partial charge in [0.15, 0.2) is 11.5 Å². The first-order chi connectivity index (χ1) is 13.2. The zero-order chi connectivity index (χ0) is 18.4. The molecule has 2 aromatic heterocycles. The number of nitrogens with zero attached hydrogens (tertiary/aromatic N) is 1. The van der Waals surface area contributed by atoms with Crippen LogP contribution >= 0.6 is 11.3 Å². The number of carbonyl (C=O) groups excluding carboxylic acids is 1. The van der Waals surface area contributed by atoms with Crippen molar-refractivity contribution in [1.82, 2.24) is 4.98 Å². The number of aryl methyl sites for hydroxylation is 1. The normalized spacial score (nSPS) is 13.1. The SMILES string of the molecule is Cc1ccc2cc3cc(C(=O)Nc4ccc5c(c4)OCCO5)sc3nc2c1. The molecule has 3 heterocycles. The highest BCUT2D eigenvalue weighted by Gasteiger charge is 2.15. The van der Waals surface area contributed by atoms with Crippen LogP contribution in [0.2, 0.25) is 0 Å². The number of carbonyl (C=O) groups is 1. The fraction of sp³-hybridized carbons (Fsp3) is 0.143. The first kappa shape index (κ1) is 16.1. The topological polar surface area (TPSA) is 60.5 Å². The van der Waals surface area contributed by atoms with Crippen molar-refractivity contribution in [1.29, 1.82) is 0 Å². The Bertz CT molecular complexity index is 1200. The smallest absolute Gasteiger partial charge is 0.265 e. The van der Waals surface area contributed by atoms with Gasteiger partial charge in [-0.3, -0.25) is 4.79 Å². The molecule has 5 rings (SSSR count). The van der Waals surface area contributed by atoms with Crippen molar-refractivity contribution in [2.75, 3.05) is 18.5 Å². The Morgan fingerprint density at radius 1 is 1.00 bits per heavy atom. The van der Waals surface area contributed by atoms with Crippen molar-refractivity contribution in [3.05, 3.63) is 59.0 Å². The van der Waals surface area contributed by atoms with Gasteiger partial charge >= 0.3 is 0 Å². The number of amides is 1. The number of anilines is 1. The predicted molar refractivity (Wildman–Crippen MR) is 107 cm³/mol. The number of aromatic nitrogens is 1. The summed E-state index contributed by atoms with van der Waals surface area (Å²) >= 11 is 1.40. The van der Waals surface area contributed by atoms with Crippen LogP contribution in [0.15, 0.2) is 48.5 Å². The van der Waals surface area contributed by atoms with E-state index in [1.165, 1.54) is 16.9 Å². The molecule has 134 valence electrons. The lowest BCUT2D eigenvalue weighted by Crippen LogP contribution is -2.16. The van der Waals surface area contributed by atoms with Gasteiger partial charge in [0, 0.05) is 22.5 Å². The summed E-state index contributed by atoms with van der Waals surface area (Å²) in [5.41, 5.74) is 2.79. The molecule has 2 aromatic carbocycles. The Kier molecular flexibility index (Phi) is 3.72. The van der Waals surface area contributed by atoms with Crippen LogP contribution in [0.5, 0.6) is 11.5 Å². The number of rotatable bonds is 2. The van der Waals surface area contributed by atoms with Gasteiger partial charge in [0.1, 0.15) is 18.0 Å². The molecule has 0 saturated heterocycles. The lowest BCUT2D eigenvalue weighted by molar-refractivity contribution is 0.103. The molecule has 1 N–H and O–H groups in total. The second-order valence-electron chi connectivity index (χ2n) is 6.50. The summed E-state index contributed by atoms with van der Waals surface area (Å²) < 4.78 is 11.1. The van der Waals surface area contributed by atoms with Crippen molar-refractivity contribution in [3.63, 3.8) is 0 Å². The molecule has 6 heteroatoms. The summed E-state index contributed by atoms with van der Waals surface area (Å²) in [7, 11) is 0. The Labute approximate surface area is 159 Å². The van der Waals surface area contributed by atoms with Gasteiger partial charge in [-0.05, 0) is 42.8 Å². The van der Waals surface area contributed by atoms with Gasteiger partial charge in [0.05, 0.1) is 10.4 Å². The Morgan fingerprint density at radius 3 is 2.74 bits per heavy atom. The molecular weight excluding hydrogens is 360 g/mol. The van der Waals surface area contributed by atoms with E-state index in [1.807, 2.05) is 25.1 Å². The summed E-state index contributed by atoms with van der Waals surface area (Å²) in [5.74, 6) is 1.20. The van der Waals surface area contributed by atoms with Gasteiger partial charge in [0.25, 0.3) is 5.91 Å². The van der Waals surface area contributed by atoms with E-state index in [0.29, 0.717) is 35.3 Å². The Hall–Kier alpha value is -3.12. The van der Waals surface area contributed by atoms with Gasteiger partial charge in [-0.25, -0.2) is 4.98 Å². The van der Waals surface area contributed by atoms with Crippen LogP contribution in [0, 0.1) is 6.92 Å². The van der Waals surface area contributed by atoms with E-state index in [1.54, 1.807) is 6.07 Å². The minimum atomic E-state index is -0.157. The molecule has 0 spiro atoms. The molecule has 0 atom stereocenters. The molecule has 0 aliphatic carbocycles. The quantitative estimate of drug-likeness (QED) is 0.547. The number of benzene rings is 2. The van der Waals surface area contributed by atoms with E-state index >= 15 is 0 Å². The number of nitrogens with one attached hydrogen (secondary N) is 1. The monoisotopic (exact) mass is 376 g/mol. The van der Waals surface area contributed by atoms with Crippen LogP contribution in [-0.2, 0) is 0 Å². The third kappa shape index (κ3) is 2.98. The zero-order valence-corrected chi connectivity index (χ0v) is 15.4. The highest BCUT2D eigenvalue weighted by atomic mass is 32.1. The van der Waals surface area contributed by atoms with E-state index < -0.39 is 0 Å². The van der Waals surface area contributed by atoms with E-state index in [-0.39, 0.29) is 5.91 Å². The largest absolute Gasteiger partial charge is 0.486 e. The summed E-state index contributed by atoms with van der Waals surface area (Å²) in [5, 5.41) is 4.98. The lowest BCUT2D eigenvalue weighted by Gasteiger charge is -2.18. The number of pyridine rings is 1. The van der Waals surface area contributed by atoms with E-state index in [2.05, 4.69) is 29.6 Å². The molecule has 27 heavy (non-hydrogen) atoms. The van der Waals surface area contributed by atoms with Crippen LogP contribution in [0.25, 0.3) is 21.1 Å². The second kappa shape index (κ2) is 6.25. The average molecular weight is 376 g/mol. The van der Waals surface area contributed by atoms with Gasteiger partial charge in [0.2, 0.25) is 0 Å². The highest BCUT2D eigenvalue weighted by Crippen LogP contribution is 2.33. The summed E-state index contributed by atoms with van der Waals surface area (Å²) in [4.78, 5) is 18.9. The van der Waals surface area contributed by atoms with Crippen molar-refractivity contribution in [2.45, 2.75) is 6.92 Å². The third-order valence-electron chi connectivity index (χ3n) is 4.48. The molecule has 1 aliphatic rings. The predicted octanol–water partition coefficient (Wildman–Crippen LogP) is 4.78. The maximum atomic E-state index is 12.7.